The molecule has 1 fully saturated rings. The number of nitrogens with zero attached hydrogens (tertiary/aromatic N) is 2. The van der Waals surface area contributed by atoms with Gasteiger partial charge in [-0.25, -0.2) is 0 Å². The zero-order chi connectivity index (χ0) is 17.4. The van der Waals surface area contributed by atoms with Crippen LogP contribution < -0.4 is 10.2 Å². The maximum Gasteiger partial charge on any atom is 0.244 e. The Bertz CT molecular complexity index is 559. The monoisotopic (exact) mass is 335 g/mol. The van der Waals surface area contributed by atoms with Gasteiger partial charge in [-0.3, -0.25) is 9.59 Å². The van der Waals surface area contributed by atoms with E-state index in [2.05, 4.69) is 10.2 Å². The fourth-order valence-electron chi connectivity index (χ4n) is 2.57. The molecule has 7 nitrogen and oxygen atoms in total. The van der Waals surface area contributed by atoms with Gasteiger partial charge in [0.25, 0.3) is 0 Å². The topological polar surface area (TPSA) is 71.1 Å². The van der Waals surface area contributed by atoms with Gasteiger partial charge in [0.1, 0.15) is 0 Å². The predicted octanol–water partition coefficient (Wildman–Crippen LogP) is 0.957. The Morgan fingerprint density at radius 1 is 1.29 bits per heavy atom. The number of hydrogen-bond acceptors (Lipinski definition) is 5. The number of methoxy groups -OCH3 is 1. The van der Waals surface area contributed by atoms with E-state index in [1.165, 1.54) is 11.8 Å². The zero-order valence-corrected chi connectivity index (χ0v) is 14.3. The maximum absolute atomic E-state index is 12.3. The van der Waals surface area contributed by atoms with Crippen molar-refractivity contribution in [3.05, 3.63) is 24.3 Å². The van der Waals surface area contributed by atoms with Gasteiger partial charge in [-0.05, 0) is 12.1 Å². The summed E-state index contributed by atoms with van der Waals surface area (Å²) in [5, 5.41) is 2.91. The Balaban J connectivity index is 2.01. The predicted molar refractivity (Wildman–Crippen MR) is 92.2 cm³/mol. The van der Waals surface area contributed by atoms with E-state index in [0.717, 1.165) is 24.5 Å². The lowest BCUT2D eigenvalue weighted by Gasteiger charge is -2.30. The summed E-state index contributed by atoms with van der Waals surface area (Å²) >= 11 is 0. The Morgan fingerprint density at radius 2 is 2.00 bits per heavy atom. The van der Waals surface area contributed by atoms with Crippen molar-refractivity contribution in [2.45, 2.75) is 6.92 Å². The molecule has 2 amide bonds. The molecule has 0 radical (unpaired) electrons. The van der Waals surface area contributed by atoms with Gasteiger partial charge in [-0.15, -0.1) is 0 Å². The van der Waals surface area contributed by atoms with Crippen molar-refractivity contribution in [1.29, 1.82) is 0 Å². The quantitative estimate of drug-likeness (QED) is 0.803. The van der Waals surface area contributed by atoms with Gasteiger partial charge in [0.2, 0.25) is 11.8 Å². The van der Waals surface area contributed by atoms with E-state index in [-0.39, 0.29) is 18.4 Å². The first-order valence-electron chi connectivity index (χ1n) is 8.08. The minimum atomic E-state index is -0.220. The van der Waals surface area contributed by atoms with Crippen molar-refractivity contribution in [3.63, 3.8) is 0 Å². The number of nitrogens with one attached hydrogen (secondary N) is 1. The number of rotatable bonds is 7. The minimum Gasteiger partial charge on any atom is -0.383 e. The number of anilines is 2. The first kappa shape index (κ1) is 18.2. The maximum atomic E-state index is 12.3. The third-order valence-corrected chi connectivity index (χ3v) is 3.88. The van der Waals surface area contributed by atoms with Gasteiger partial charge >= 0.3 is 0 Å². The van der Waals surface area contributed by atoms with Gasteiger partial charge in [0.15, 0.2) is 0 Å². The van der Waals surface area contributed by atoms with Crippen LogP contribution in [0, 0.1) is 0 Å². The standard InChI is InChI=1S/C17H25N3O4/c1-14(21)20(7-10-23-2)13-17(22)18-15-5-3-4-6-16(15)19-8-11-24-12-9-19/h3-6H,7-13H2,1-2H3,(H,18,22). The molecule has 1 saturated heterocycles. The van der Waals surface area contributed by atoms with E-state index in [1.807, 2.05) is 24.3 Å². The van der Waals surface area contributed by atoms with E-state index < -0.39 is 0 Å². The van der Waals surface area contributed by atoms with Crippen LogP contribution in [0.15, 0.2) is 24.3 Å². The molecule has 1 aromatic carbocycles. The fraction of sp³-hybridized carbons (Fsp3) is 0.529. The van der Waals surface area contributed by atoms with Crippen LogP contribution in [-0.2, 0) is 19.1 Å². The molecule has 0 atom stereocenters. The molecule has 1 N–H and O–H groups in total. The highest BCUT2D eigenvalue weighted by atomic mass is 16.5. The summed E-state index contributed by atoms with van der Waals surface area (Å²) in [7, 11) is 1.57. The highest BCUT2D eigenvalue weighted by Crippen LogP contribution is 2.26. The van der Waals surface area contributed by atoms with E-state index in [9.17, 15) is 9.59 Å². The van der Waals surface area contributed by atoms with Crippen molar-refractivity contribution in [1.82, 2.24) is 4.90 Å². The van der Waals surface area contributed by atoms with E-state index in [1.54, 1.807) is 7.11 Å². The summed E-state index contributed by atoms with van der Waals surface area (Å²) < 4.78 is 10.4. The molecule has 0 unspecified atom stereocenters. The van der Waals surface area contributed by atoms with Crippen LogP contribution in [0.2, 0.25) is 0 Å². The van der Waals surface area contributed by atoms with Crippen molar-refractivity contribution >= 4 is 23.2 Å². The van der Waals surface area contributed by atoms with Crippen molar-refractivity contribution < 1.29 is 19.1 Å². The molecule has 1 aromatic rings. The molecule has 0 bridgehead atoms. The summed E-state index contributed by atoms with van der Waals surface area (Å²) in [4.78, 5) is 27.6. The molecule has 0 spiro atoms. The molecule has 0 saturated carbocycles. The number of amides is 2. The van der Waals surface area contributed by atoms with Crippen LogP contribution in [0.5, 0.6) is 0 Å². The lowest BCUT2D eigenvalue weighted by atomic mass is 10.2. The molecule has 1 aliphatic heterocycles. The summed E-state index contributed by atoms with van der Waals surface area (Å²) in [5.74, 6) is -0.370. The number of carbonyl (C=O) groups excluding carboxylic acids is 2. The summed E-state index contributed by atoms with van der Waals surface area (Å²) in [6.45, 7) is 5.19. The van der Waals surface area contributed by atoms with Gasteiger partial charge < -0.3 is 24.6 Å². The molecule has 1 aliphatic rings. The molecule has 132 valence electrons. The van der Waals surface area contributed by atoms with Crippen LogP contribution >= 0.6 is 0 Å². The van der Waals surface area contributed by atoms with Gasteiger partial charge in [0, 0.05) is 33.7 Å². The van der Waals surface area contributed by atoms with E-state index >= 15 is 0 Å². The van der Waals surface area contributed by atoms with Gasteiger partial charge in [-0.2, -0.15) is 0 Å². The van der Waals surface area contributed by atoms with E-state index in [4.69, 9.17) is 9.47 Å². The second-order valence-electron chi connectivity index (χ2n) is 5.60. The van der Waals surface area contributed by atoms with Crippen molar-refractivity contribution in [2.24, 2.45) is 0 Å². The van der Waals surface area contributed by atoms with Crippen LogP contribution in [0.25, 0.3) is 0 Å². The van der Waals surface area contributed by atoms with Gasteiger partial charge in [0.05, 0.1) is 37.7 Å². The summed E-state index contributed by atoms with van der Waals surface area (Å²) in [5.41, 5.74) is 1.72. The molecule has 2 rings (SSSR count). The summed E-state index contributed by atoms with van der Waals surface area (Å²) in [6, 6.07) is 7.68. The molecule has 1 heterocycles. The Hall–Kier alpha value is -2.12. The lowest BCUT2D eigenvalue weighted by Crippen LogP contribution is -2.39. The third-order valence-electron chi connectivity index (χ3n) is 3.88. The molecule has 0 aliphatic carbocycles. The molecule has 24 heavy (non-hydrogen) atoms. The molecular weight excluding hydrogens is 310 g/mol. The van der Waals surface area contributed by atoms with Crippen LogP contribution in [0.4, 0.5) is 11.4 Å². The fourth-order valence-corrected chi connectivity index (χ4v) is 2.57. The number of morpholine rings is 1. The van der Waals surface area contributed by atoms with Crippen LogP contribution in [-0.4, -0.2) is 69.8 Å². The Labute approximate surface area is 142 Å². The number of para-hydroxylation sites is 2. The average molecular weight is 335 g/mol. The normalized spacial score (nSPS) is 14.3. The van der Waals surface area contributed by atoms with Crippen LogP contribution in [0.1, 0.15) is 6.92 Å². The summed E-state index contributed by atoms with van der Waals surface area (Å²) in [6.07, 6.45) is 0. The second-order valence-corrected chi connectivity index (χ2v) is 5.60. The highest BCUT2D eigenvalue weighted by molar-refractivity contribution is 5.97. The average Bonchev–Trinajstić information content (AvgIpc) is 2.59. The number of carbonyl (C=O) groups is 2. The first-order chi connectivity index (χ1) is 11.6. The van der Waals surface area contributed by atoms with Crippen molar-refractivity contribution in [2.75, 3.05) is 63.3 Å². The van der Waals surface area contributed by atoms with Crippen molar-refractivity contribution in [3.8, 4) is 0 Å². The first-order valence-corrected chi connectivity index (χ1v) is 8.08. The number of hydrogen-bond donors (Lipinski definition) is 1. The van der Waals surface area contributed by atoms with Gasteiger partial charge in [-0.1, -0.05) is 12.1 Å². The molecular formula is C17H25N3O4. The third kappa shape index (κ3) is 5.21. The number of benzene rings is 1. The Kier molecular flexibility index (Phi) is 7.02. The minimum absolute atomic E-state index is 0.0101. The zero-order valence-electron chi connectivity index (χ0n) is 14.3. The second kappa shape index (κ2) is 9.24. The highest BCUT2D eigenvalue weighted by Gasteiger charge is 2.17. The smallest absolute Gasteiger partial charge is 0.244 e. The Morgan fingerprint density at radius 3 is 2.67 bits per heavy atom. The number of ether oxygens (including phenoxy) is 2. The SMILES string of the molecule is COCCN(CC(=O)Nc1ccccc1N1CCOCC1)C(C)=O. The molecule has 0 aromatic heterocycles. The van der Waals surface area contributed by atoms with E-state index in [0.29, 0.717) is 26.4 Å². The van der Waals surface area contributed by atoms with Crippen LogP contribution in [0.3, 0.4) is 0 Å². The molecule has 7 heteroatoms. The lowest BCUT2D eigenvalue weighted by molar-refractivity contribution is -0.133. The largest absolute Gasteiger partial charge is 0.383 e.